The Balaban J connectivity index is 2.25. The molecule has 5 rings (SSSR count). The Morgan fingerprint density at radius 2 is 1.14 bits per heavy atom. The number of benzene rings is 4. The van der Waals surface area contributed by atoms with Crippen molar-refractivity contribution in [1.29, 1.82) is 0 Å². The maximum atomic E-state index is 10.5. The van der Waals surface area contributed by atoms with Crippen LogP contribution in [0.5, 0.6) is 11.5 Å². The van der Waals surface area contributed by atoms with Crippen LogP contribution in [0.15, 0.2) is 69.1 Å². The second kappa shape index (κ2) is 6.48. The highest BCUT2D eigenvalue weighted by atomic mass is 31.1. The zero-order valence-electron chi connectivity index (χ0n) is 15.3. The maximum absolute atomic E-state index is 10.5. The molecule has 0 bridgehead atoms. The van der Waals surface area contributed by atoms with Crippen LogP contribution in [0.4, 0.5) is 0 Å². The van der Waals surface area contributed by atoms with Crippen molar-refractivity contribution in [1.82, 2.24) is 0 Å². The van der Waals surface area contributed by atoms with Gasteiger partial charge in [-0.05, 0) is 33.7 Å². The van der Waals surface area contributed by atoms with Crippen molar-refractivity contribution in [2.75, 3.05) is 14.2 Å². The highest BCUT2D eigenvalue weighted by Crippen LogP contribution is 2.45. The number of hydrogen-bond acceptors (Lipinski definition) is 5. The first-order chi connectivity index (χ1) is 13.7. The molecule has 0 atom stereocenters. The zero-order valence-corrected chi connectivity index (χ0v) is 16.2. The zero-order chi connectivity index (χ0) is 19.3. The fourth-order valence-corrected chi connectivity index (χ4v) is 4.47. The number of ether oxygens (including phenoxy) is 2. The van der Waals surface area contributed by atoms with Gasteiger partial charge in [0.05, 0.1) is 14.2 Å². The Bertz CT molecular complexity index is 1300. The summed E-state index contributed by atoms with van der Waals surface area (Å²) in [6, 6.07) is 19.8. The third-order valence-corrected chi connectivity index (χ3v) is 5.64. The highest BCUT2D eigenvalue weighted by Gasteiger charge is 2.18. The molecule has 0 amide bonds. The fourth-order valence-electron chi connectivity index (χ4n) is 3.76. The van der Waals surface area contributed by atoms with E-state index < -0.39 is 8.24 Å². The molecule has 1 aromatic heterocycles. The van der Waals surface area contributed by atoms with E-state index in [0.29, 0.717) is 22.7 Å². The lowest BCUT2D eigenvalue weighted by Gasteiger charge is -2.10. The average molecular weight is 392 g/mol. The number of methoxy groups -OCH3 is 2. The van der Waals surface area contributed by atoms with Gasteiger partial charge in [0.15, 0.2) is 22.7 Å². The summed E-state index contributed by atoms with van der Waals surface area (Å²) >= 11 is 0. The van der Waals surface area contributed by atoms with E-state index in [0.717, 1.165) is 32.3 Å². The predicted octanol–water partition coefficient (Wildman–Crippen LogP) is 6.37. The monoisotopic (exact) mass is 392 g/mol. The minimum absolute atomic E-state index is 0.465. The first kappa shape index (κ1) is 17.0. The Kier molecular flexibility index (Phi) is 3.93. The van der Waals surface area contributed by atoms with E-state index in [1.54, 1.807) is 14.2 Å². The second-order valence-corrected chi connectivity index (χ2v) is 7.27. The third-order valence-electron chi connectivity index (χ3n) is 4.96. The number of rotatable bonds is 2. The van der Waals surface area contributed by atoms with Gasteiger partial charge in [0, 0.05) is 10.8 Å². The molecule has 0 aliphatic rings. The number of hydrogen-bond donors (Lipinski definition) is 1. The summed E-state index contributed by atoms with van der Waals surface area (Å²) in [6.45, 7) is 0. The topological polar surface area (TPSA) is 65.0 Å². The average Bonchev–Trinajstić information content (AvgIpc) is 2.88. The van der Waals surface area contributed by atoms with Crippen LogP contribution in [0.25, 0.3) is 43.5 Å². The summed E-state index contributed by atoms with van der Waals surface area (Å²) in [5.41, 5.74) is 0.930. The Morgan fingerprint density at radius 1 is 0.714 bits per heavy atom. The molecule has 4 aromatic carbocycles. The van der Waals surface area contributed by atoms with Gasteiger partial charge in [0.2, 0.25) is 0 Å². The van der Waals surface area contributed by atoms with Crippen molar-refractivity contribution < 1.29 is 22.8 Å². The van der Waals surface area contributed by atoms with Crippen LogP contribution in [0, 0.1) is 0 Å². The van der Waals surface area contributed by atoms with E-state index in [2.05, 4.69) is 0 Å². The van der Waals surface area contributed by atoms with Gasteiger partial charge in [0.1, 0.15) is 0 Å². The summed E-state index contributed by atoms with van der Waals surface area (Å²) in [5.74, 6) is 1.08. The van der Waals surface area contributed by atoms with Crippen LogP contribution >= 0.6 is 8.24 Å². The molecule has 1 heterocycles. The minimum atomic E-state index is -2.21. The molecule has 0 saturated carbocycles. The van der Waals surface area contributed by atoms with Gasteiger partial charge >= 0.3 is 8.24 Å². The summed E-state index contributed by atoms with van der Waals surface area (Å²) in [7, 11) is 0.968. The highest BCUT2D eigenvalue weighted by molar-refractivity contribution is 7.30. The van der Waals surface area contributed by atoms with E-state index in [1.807, 2.05) is 60.7 Å². The van der Waals surface area contributed by atoms with Gasteiger partial charge in [-0.1, -0.05) is 48.5 Å². The first-order valence-corrected chi connectivity index (χ1v) is 9.89. The van der Waals surface area contributed by atoms with Crippen LogP contribution < -0.4 is 9.47 Å². The predicted molar refractivity (Wildman–Crippen MR) is 112 cm³/mol. The molecule has 0 radical (unpaired) electrons. The summed E-state index contributed by atoms with van der Waals surface area (Å²) in [6.07, 6.45) is 0. The normalized spacial score (nSPS) is 11.4. The summed E-state index contributed by atoms with van der Waals surface area (Å²) in [4.78, 5) is 10.5. The standard InChI is InChI=1S/C22H17O5P/c1-24-17-11-13-7-3-5-9-15(13)19-20-16-10-6-4-8-14(16)12-18(25-2)22(20)27-28(23)26-21(17)19/h3-12,23H,1-2H3. The maximum Gasteiger partial charge on any atom is 0.384 e. The second-order valence-electron chi connectivity index (χ2n) is 6.43. The molecule has 0 aliphatic heterocycles. The SMILES string of the molecule is COc1cc2ccccc2c2c1op(O)oc1c(OC)cc3ccccc3c12. The van der Waals surface area contributed by atoms with Crippen molar-refractivity contribution in [3.8, 4) is 11.5 Å². The van der Waals surface area contributed by atoms with E-state index in [4.69, 9.17) is 17.9 Å². The van der Waals surface area contributed by atoms with Crippen molar-refractivity contribution >= 4 is 51.7 Å². The molecule has 6 heteroatoms. The lowest BCUT2D eigenvalue weighted by molar-refractivity contribution is 0.406. The molecule has 140 valence electrons. The lowest BCUT2D eigenvalue weighted by atomic mass is 9.98. The van der Waals surface area contributed by atoms with Crippen LogP contribution in [-0.4, -0.2) is 19.1 Å². The Labute approximate surface area is 161 Å². The molecule has 0 saturated heterocycles. The largest absolute Gasteiger partial charge is 0.493 e. The summed E-state index contributed by atoms with van der Waals surface area (Å²) < 4.78 is 22.9. The van der Waals surface area contributed by atoms with Gasteiger partial charge < -0.3 is 17.9 Å². The molecule has 0 fully saturated rings. The van der Waals surface area contributed by atoms with Crippen LogP contribution in [-0.2, 0) is 0 Å². The van der Waals surface area contributed by atoms with Gasteiger partial charge in [-0.2, -0.15) is 0 Å². The van der Waals surface area contributed by atoms with E-state index in [-0.39, 0.29) is 0 Å². The molecule has 0 spiro atoms. The molecule has 5 nitrogen and oxygen atoms in total. The first-order valence-electron chi connectivity index (χ1n) is 8.76. The Morgan fingerprint density at radius 3 is 1.57 bits per heavy atom. The van der Waals surface area contributed by atoms with Crippen molar-refractivity contribution in [3.63, 3.8) is 0 Å². The van der Waals surface area contributed by atoms with E-state index in [9.17, 15) is 4.89 Å². The van der Waals surface area contributed by atoms with Crippen LogP contribution in [0.1, 0.15) is 0 Å². The van der Waals surface area contributed by atoms with E-state index in [1.165, 1.54) is 0 Å². The van der Waals surface area contributed by atoms with Gasteiger partial charge in [-0.3, -0.25) is 4.89 Å². The van der Waals surface area contributed by atoms with Crippen LogP contribution in [0.3, 0.4) is 0 Å². The quantitative estimate of drug-likeness (QED) is 0.378. The minimum Gasteiger partial charge on any atom is -0.493 e. The smallest absolute Gasteiger partial charge is 0.384 e. The fraction of sp³-hybridized carbons (Fsp3) is 0.0909. The third kappa shape index (κ3) is 2.44. The molecule has 0 unspecified atom stereocenters. The van der Waals surface area contributed by atoms with E-state index >= 15 is 0 Å². The van der Waals surface area contributed by atoms with Crippen molar-refractivity contribution in [2.45, 2.75) is 0 Å². The molecule has 1 N–H and O–H groups in total. The summed E-state index contributed by atoms with van der Waals surface area (Å²) in [5, 5.41) is 5.60. The van der Waals surface area contributed by atoms with Crippen molar-refractivity contribution in [3.05, 3.63) is 60.7 Å². The molecule has 28 heavy (non-hydrogen) atoms. The molecular formula is C22H17O5P. The van der Waals surface area contributed by atoms with Gasteiger partial charge in [-0.25, -0.2) is 0 Å². The lowest BCUT2D eigenvalue weighted by Crippen LogP contribution is -1.88. The number of fused-ring (bicyclic) bond motifs is 7. The molecular weight excluding hydrogens is 375 g/mol. The molecule has 5 aromatic rings. The van der Waals surface area contributed by atoms with Crippen molar-refractivity contribution in [2.24, 2.45) is 0 Å². The van der Waals surface area contributed by atoms with Gasteiger partial charge in [-0.15, -0.1) is 0 Å². The van der Waals surface area contributed by atoms with Crippen LogP contribution in [0.2, 0.25) is 0 Å². The Hall–Kier alpha value is -3.14. The van der Waals surface area contributed by atoms with Gasteiger partial charge in [0.25, 0.3) is 0 Å². The molecule has 0 aliphatic carbocycles.